The standard InChI is InChI=1S/C71H70F2N4O/c1-43(2)46-29-47(44(3)4)31-48(30-46)62-36-52(71(10,11)12)37-63(49-32-53(72)39-54(73)33-49)69(62)76-42-75(65-23-17-18-24-66(65)76)55-34-50(59-20-14-13-19-58(59)45(5)6)35-57(40-55)78-56-25-26-61-60-21-15-16-22-64(60)77(67(61)41-56)68-38-51(27-28-74-68)70(7,8)9/h13-41,43-45H,42H2,1-12H3/i45D. The highest BCUT2D eigenvalue weighted by atomic mass is 19.1. The third-order valence-corrected chi connectivity index (χ3v) is 15.5. The molecular weight excluding hydrogens is 963 g/mol. The molecule has 3 heterocycles. The number of hydrogen-bond donors (Lipinski definition) is 0. The first kappa shape index (κ1) is 50.8. The van der Waals surface area contributed by atoms with Crippen LogP contribution in [0.1, 0.15) is 130 Å². The second kappa shape index (κ2) is 20.1. The van der Waals surface area contributed by atoms with Crippen molar-refractivity contribution in [1.29, 1.82) is 0 Å². The Kier molecular flexibility index (Phi) is 13.1. The molecule has 8 aromatic carbocycles. The Bertz CT molecular complexity index is 3940. The summed E-state index contributed by atoms with van der Waals surface area (Å²) in [7, 11) is 0. The van der Waals surface area contributed by atoms with Gasteiger partial charge >= 0.3 is 0 Å². The van der Waals surface area contributed by atoms with Gasteiger partial charge in [0.05, 0.1) is 28.1 Å². The molecule has 0 aliphatic carbocycles. The zero-order chi connectivity index (χ0) is 55.9. The lowest BCUT2D eigenvalue weighted by Crippen LogP contribution is -2.25. The van der Waals surface area contributed by atoms with Gasteiger partial charge in [-0.3, -0.25) is 4.57 Å². The van der Waals surface area contributed by atoms with Crippen LogP contribution in [-0.4, -0.2) is 16.2 Å². The lowest BCUT2D eigenvalue weighted by atomic mass is 9.81. The summed E-state index contributed by atoms with van der Waals surface area (Å²) >= 11 is 0. The highest BCUT2D eigenvalue weighted by Crippen LogP contribution is 2.53. The van der Waals surface area contributed by atoms with Crippen molar-refractivity contribution in [2.75, 3.05) is 16.5 Å². The maximum atomic E-state index is 15.6. The van der Waals surface area contributed by atoms with Gasteiger partial charge < -0.3 is 14.5 Å². The molecule has 78 heavy (non-hydrogen) atoms. The summed E-state index contributed by atoms with van der Waals surface area (Å²) in [4.78, 5) is 9.55. The van der Waals surface area contributed by atoms with Crippen LogP contribution >= 0.6 is 0 Å². The number of ether oxygens (including phenoxy) is 1. The summed E-state index contributed by atoms with van der Waals surface area (Å²) in [5.74, 6) is 0.448. The number of aromatic nitrogens is 2. The highest BCUT2D eigenvalue weighted by Gasteiger charge is 2.34. The van der Waals surface area contributed by atoms with Crippen LogP contribution in [-0.2, 0) is 10.8 Å². The molecule has 394 valence electrons. The van der Waals surface area contributed by atoms with Gasteiger partial charge in [-0.1, -0.05) is 156 Å². The number of anilines is 4. The molecular formula is C71H70F2N4O. The van der Waals surface area contributed by atoms with Crippen molar-refractivity contribution in [3.8, 4) is 50.7 Å². The SMILES string of the molecule is [2H]C(C)(C)c1ccccc1-c1cc(Oc2ccc3c4ccccc4n(-c4cc(C(C)(C)C)ccn4)c3c2)cc(N2CN(c3c(-c4cc(F)cc(F)c4)cc(C(C)(C)C)cc3-c3cc(C(C)C)cc(C(C)C)c3)c3ccccc32)c1. The molecule has 0 saturated carbocycles. The first-order valence-electron chi connectivity index (χ1n) is 27.9. The van der Waals surface area contributed by atoms with Gasteiger partial charge in [0, 0.05) is 53.4 Å². The molecule has 0 amide bonds. The van der Waals surface area contributed by atoms with E-state index in [2.05, 4.69) is 211 Å². The smallest absolute Gasteiger partial charge is 0.137 e. The molecule has 0 unspecified atom stereocenters. The molecule has 10 aromatic rings. The fourth-order valence-electron chi connectivity index (χ4n) is 11.2. The number of pyridine rings is 1. The van der Waals surface area contributed by atoms with Crippen molar-refractivity contribution in [3.05, 3.63) is 216 Å². The third kappa shape index (κ3) is 9.84. The van der Waals surface area contributed by atoms with E-state index in [0.29, 0.717) is 23.7 Å². The van der Waals surface area contributed by atoms with Gasteiger partial charge in [0.2, 0.25) is 0 Å². The van der Waals surface area contributed by atoms with E-state index in [0.717, 1.165) is 95.4 Å². The minimum absolute atomic E-state index is 0.0761. The zero-order valence-corrected chi connectivity index (χ0v) is 47.1. The fraction of sp³-hybridized carbons (Fsp3) is 0.254. The molecule has 1 aliphatic heterocycles. The second-order valence-electron chi connectivity index (χ2n) is 24.1. The molecule has 0 saturated heterocycles. The van der Waals surface area contributed by atoms with Gasteiger partial charge in [-0.2, -0.15) is 0 Å². The molecule has 0 N–H and O–H groups in total. The molecule has 1 aliphatic rings. The minimum Gasteiger partial charge on any atom is -0.457 e. The third-order valence-electron chi connectivity index (χ3n) is 15.5. The zero-order valence-electron chi connectivity index (χ0n) is 48.1. The lowest BCUT2D eigenvalue weighted by Gasteiger charge is -2.31. The normalized spacial score (nSPS) is 13.3. The average molecular weight is 1030 g/mol. The van der Waals surface area contributed by atoms with Crippen molar-refractivity contribution in [2.45, 2.75) is 112 Å². The predicted octanol–water partition coefficient (Wildman–Crippen LogP) is 20.5. The summed E-state index contributed by atoms with van der Waals surface area (Å²) in [5, 5.41) is 2.21. The summed E-state index contributed by atoms with van der Waals surface area (Å²) in [6.07, 6.45) is 1.90. The first-order valence-corrected chi connectivity index (χ1v) is 27.4. The fourth-order valence-corrected chi connectivity index (χ4v) is 11.2. The Morgan fingerprint density at radius 3 is 1.76 bits per heavy atom. The van der Waals surface area contributed by atoms with E-state index in [1.54, 1.807) is 0 Å². The summed E-state index contributed by atoms with van der Waals surface area (Å²) in [6.45, 7) is 26.3. The van der Waals surface area contributed by atoms with Gasteiger partial charge in [0.15, 0.2) is 0 Å². The number of rotatable bonds is 11. The van der Waals surface area contributed by atoms with Crippen molar-refractivity contribution >= 4 is 44.6 Å². The van der Waals surface area contributed by atoms with Gasteiger partial charge in [-0.15, -0.1) is 0 Å². The van der Waals surface area contributed by atoms with Crippen LogP contribution in [0.4, 0.5) is 31.5 Å². The van der Waals surface area contributed by atoms with E-state index < -0.39 is 17.5 Å². The molecule has 0 fully saturated rings. The summed E-state index contributed by atoms with van der Waals surface area (Å²) in [5.41, 5.74) is 15.9. The van der Waals surface area contributed by atoms with E-state index in [1.165, 1.54) is 28.8 Å². The van der Waals surface area contributed by atoms with Gasteiger partial charge in [-0.25, -0.2) is 13.8 Å². The first-order chi connectivity index (χ1) is 37.5. The quantitative estimate of drug-likeness (QED) is 0.129. The Morgan fingerprint density at radius 1 is 0.513 bits per heavy atom. The van der Waals surface area contributed by atoms with E-state index in [1.807, 2.05) is 44.3 Å². The second-order valence-corrected chi connectivity index (χ2v) is 24.1. The van der Waals surface area contributed by atoms with E-state index in [4.69, 9.17) is 9.72 Å². The van der Waals surface area contributed by atoms with Crippen LogP contribution in [0.25, 0.3) is 61.0 Å². The number of benzene rings is 8. The van der Waals surface area contributed by atoms with Gasteiger partial charge in [-0.05, 0) is 157 Å². The molecule has 5 nitrogen and oxygen atoms in total. The van der Waals surface area contributed by atoms with Crippen molar-refractivity contribution in [1.82, 2.24) is 9.55 Å². The van der Waals surface area contributed by atoms with E-state index >= 15 is 8.78 Å². The molecule has 0 radical (unpaired) electrons. The van der Waals surface area contributed by atoms with E-state index in [9.17, 15) is 1.37 Å². The Balaban J connectivity index is 1.12. The van der Waals surface area contributed by atoms with Crippen LogP contribution in [0.3, 0.4) is 0 Å². The molecule has 0 bridgehead atoms. The lowest BCUT2D eigenvalue weighted by molar-refractivity contribution is 0.483. The van der Waals surface area contributed by atoms with Crippen LogP contribution in [0, 0.1) is 11.6 Å². The molecule has 0 atom stereocenters. The molecule has 7 heteroatoms. The van der Waals surface area contributed by atoms with Gasteiger partial charge in [0.1, 0.15) is 35.6 Å². The Hall–Kier alpha value is -8.03. The maximum absolute atomic E-state index is 15.6. The van der Waals surface area contributed by atoms with Crippen LogP contribution in [0.5, 0.6) is 11.5 Å². The Labute approximate surface area is 461 Å². The van der Waals surface area contributed by atoms with Crippen LogP contribution in [0.15, 0.2) is 176 Å². The number of para-hydroxylation sites is 3. The number of nitrogens with zero attached hydrogens (tertiary/aromatic N) is 4. The molecule has 11 rings (SSSR count). The molecule has 0 spiro atoms. The summed E-state index contributed by atoms with van der Waals surface area (Å²) < 4.78 is 50.0. The average Bonchev–Trinajstić information content (AvgIpc) is 4.11. The van der Waals surface area contributed by atoms with Crippen molar-refractivity contribution in [3.63, 3.8) is 0 Å². The largest absolute Gasteiger partial charge is 0.457 e. The highest BCUT2D eigenvalue weighted by molar-refractivity contribution is 6.09. The van der Waals surface area contributed by atoms with Crippen LogP contribution < -0.4 is 14.5 Å². The number of hydrogen-bond acceptors (Lipinski definition) is 4. The predicted molar refractivity (Wildman–Crippen MR) is 323 cm³/mol. The van der Waals surface area contributed by atoms with Crippen LogP contribution in [0.2, 0.25) is 0 Å². The Morgan fingerprint density at radius 2 is 1.10 bits per heavy atom. The van der Waals surface area contributed by atoms with Gasteiger partial charge in [0.25, 0.3) is 0 Å². The summed E-state index contributed by atoms with van der Waals surface area (Å²) in [6, 6.07) is 57.1. The molecule has 2 aromatic heterocycles. The number of fused-ring (bicyclic) bond motifs is 4. The van der Waals surface area contributed by atoms with E-state index in [-0.39, 0.29) is 22.7 Å². The maximum Gasteiger partial charge on any atom is 0.137 e. The number of halogens is 2. The van der Waals surface area contributed by atoms with Crippen molar-refractivity contribution in [2.24, 2.45) is 0 Å². The van der Waals surface area contributed by atoms with Crippen molar-refractivity contribution < 1.29 is 14.9 Å². The monoisotopic (exact) mass is 1030 g/mol. The minimum atomic E-state index is -0.911. The topological polar surface area (TPSA) is 33.5 Å².